The van der Waals surface area contributed by atoms with E-state index in [9.17, 15) is 9.59 Å². The number of hydrogen-bond acceptors (Lipinski definition) is 3. The van der Waals surface area contributed by atoms with Crippen molar-refractivity contribution in [1.82, 2.24) is 10.6 Å². The van der Waals surface area contributed by atoms with Gasteiger partial charge in [0.25, 0.3) is 0 Å². The third-order valence-corrected chi connectivity index (χ3v) is 3.89. The second kappa shape index (κ2) is 8.15. The lowest BCUT2D eigenvalue weighted by atomic mass is 9.73. The van der Waals surface area contributed by atoms with E-state index in [0.717, 1.165) is 32.1 Å². The molecule has 1 fully saturated rings. The van der Waals surface area contributed by atoms with Crippen LogP contribution in [0.2, 0.25) is 0 Å². The number of hydrogen-bond donors (Lipinski definition) is 3. The van der Waals surface area contributed by atoms with Gasteiger partial charge in [-0.1, -0.05) is 26.2 Å². The topological polar surface area (TPSA) is 84.2 Å². The van der Waals surface area contributed by atoms with Crippen LogP contribution in [0.15, 0.2) is 0 Å². The Bertz CT molecular complexity index is 299. The molecular weight excluding hydrogens is 242 g/mol. The summed E-state index contributed by atoms with van der Waals surface area (Å²) in [6.45, 7) is 3.51. The van der Waals surface area contributed by atoms with Gasteiger partial charge in [-0.2, -0.15) is 0 Å². The van der Waals surface area contributed by atoms with E-state index in [-0.39, 0.29) is 11.8 Å². The molecule has 0 spiro atoms. The molecule has 0 unspecified atom stereocenters. The van der Waals surface area contributed by atoms with Crippen LogP contribution in [0.3, 0.4) is 0 Å². The Balaban J connectivity index is 2.31. The van der Waals surface area contributed by atoms with Crippen molar-refractivity contribution in [3.63, 3.8) is 0 Å². The van der Waals surface area contributed by atoms with Gasteiger partial charge in [0.2, 0.25) is 11.8 Å². The molecule has 2 amide bonds. The summed E-state index contributed by atoms with van der Waals surface area (Å²) in [7, 11) is 0. The predicted molar refractivity (Wildman–Crippen MR) is 75.5 cm³/mol. The summed E-state index contributed by atoms with van der Waals surface area (Å²) >= 11 is 0. The van der Waals surface area contributed by atoms with Crippen LogP contribution < -0.4 is 16.4 Å². The molecule has 5 heteroatoms. The average Bonchev–Trinajstić information content (AvgIpc) is 2.45. The highest BCUT2D eigenvalue weighted by Crippen LogP contribution is 2.35. The van der Waals surface area contributed by atoms with Crippen LogP contribution in [0, 0.1) is 5.41 Å². The van der Waals surface area contributed by atoms with Crippen molar-refractivity contribution in [3.8, 4) is 0 Å². The summed E-state index contributed by atoms with van der Waals surface area (Å²) < 4.78 is 0. The summed E-state index contributed by atoms with van der Waals surface area (Å²) in [6, 6.07) is 0. The molecule has 0 aromatic carbocycles. The normalized spacial score (nSPS) is 17.8. The van der Waals surface area contributed by atoms with Gasteiger partial charge in [-0.05, 0) is 19.3 Å². The first kappa shape index (κ1) is 16.0. The average molecular weight is 269 g/mol. The molecule has 1 saturated carbocycles. The fraction of sp³-hybridized carbons (Fsp3) is 0.857. The van der Waals surface area contributed by atoms with E-state index in [1.807, 2.05) is 6.92 Å². The molecule has 0 atom stereocenters. The number of nitrogens with two attached hydrogens (primary N) is 1. The van der Waals surface area contributed by atoms with Crippen molar-refractivity contribution in [2.24, 2.45) is 11.1 Å². The molecule has 1 aliphatic carbocycles. The molecule has 1 rings (SSSR count). The fourth-order valence-electron chi connectivity index (χ4n) is 2.58. The zero-order valence-electron chi connectivity index (χ0n) is 12.0. The first-order valence-corrected chi connectivity index (χ1v) is 7.39. The van der Waals surface area contributed by atoms with E-state index in [0.29, 0.717) is 26.1 Å². The van der Waals surface area contributed by atoms with Gasteiger partial charge in [0.05, 0.1) is 5.41 Å². The predicted octanol–water partition coefficient (Wildman–Crippen LogP) is 0.928. The van der Waals surface area contributed by atoms with Gasteiger partial charge in [-0.25, -0.2) is 0 Å². The van der Waals surface area contributed by atoms with Crippen molar-refractivity contribution < 1.29 is 9.59 Å². The first-order valence-electron chi connectivity index (χ1n) is 7.39. The van der Waals surface area contributed by atoms with Crippen molar-refractivity contribution in [1.29, 1.82) is 0 Å². The molecule has 0 aromatic heterocycles. The van der Waals surface area contributed by atoms with Gasteiger partial charge in [0.15, 0.2) is 0 Å². The highest BCUT2D eigenvalue weighted by atomic mass is 16.2. The Morgan fingerprint density at radius 1 is 1.11 bits per heavy atom. The van der Waals surface area contributed by atoms with E-state index in [2.05, 4.69) is 10.6 Å². The van der Waals surface area contributed by atoms with Crippen LogP contribution in [-0.4, -0.2) is 31.4 Å². The smallest absolute Gasteiger partial charge is 0.227 e. The minimum atomic E-state index is -0.391. The van der Waals surface area contributed by atoms with Crippen LogP contribution in [0.1, 0.15) is 51.9 Å². The minimum Gasteiger partial charge on any atom is -0.356 e. The first-order chi connectivity index (χ1) is 9.14. The Kier molecular flexibility index (Phi) is 6.84. The maximum absolute atomic E-state index is 12.2. The zero-order chi connectivity index (χ0) is 14.1. The Morgan fingerprint density at radius 2 is 1.79 bits per heavy atom. The van der Waals surface area contributed by atoms with Crippen molar-refractivity contribution in [2.45, 2.75) is 51.9 Å². The number of carbonyl (C=O) groups excluding carboxylic acids is 2. The van der Waals surface area contributed by atoms with Gasteiger partial charge < -0.3 is 16.4 Å². The summed E-state index contributed by atoms with van der Waals surface area (Å²) in [4.78, 5) is 23.6. The van der Waals surface area contributed by atoms with Crippen LogP contribution >= 0.6 is 0 Å². The lowest BCUT2D eigenvalue weighted by Gasteiger charge is -2.34. The second-order valence-electron chi connectivity index (χ2n) is 5.40. The molecule has 1 aliphatic rings. The quantitative estimate of drug-likeness (QED) is 0.643. The third kappa shape index (κ3) is 4.82. The molecule has 0 radical (unpaired) electrons. The second-order valence-corrected chi connectivity index (χ2v) is 5.40. The van der Waals surface area contributed by atoms with Gasteiger partial charge in [-0.3, -0.25) is 9.59 Å². The fourth-order valence-corrected chi connectivity index (χ4v) is 2.58. The molecule has 0 saturated heterocycles. The Morgan fingerprint density at radius 3 is 2.37 bits per heavy atom. The molecule has 0 aliphatic heterocycles. The summed E-state index contributed by atoms with van der Waals surface area (Å²) in [6.07, 6.45) is 6.34. The van der Waals surface area contributed by atoms with E-state index in [1.165, 1.54) is 6.42 Å². The largest absolute Gasteiger partial charge is 0.356 e. The van der Waals surface area contributed by atoms with Crippen LogP contribution in [-0.2, 0) is 9.59 Å². The van der Waals surface area contributed by atoms with Gasteiger partial charge in [-0.15, -0.1) is 0 Å². The van der Waals surface area contributed by atoms with Crippen molar-refractivity contribution in [2.75, 3.05) is 19.6 Å². The molecular formula is C14H27N3O2. The van der Waals surface area contributed by atoms with Crippen LogP contribution in [0.4, 0.5) is 0 Å². The van der Waals surface area contributed by atoms with Gasteiger partial charge in [0.1, 0.15) is 0 Å². The maximum atomic E-state index is 12.2. The summed E-state index contributed by atoms with van der Waals surface area (Å²) in [5.41, 5.74) is 5.41. The molecule has 0 bridgehead atoms. The molecule has 0 heterocycles. The highest BCUT2D eigenvalue weighted by Gasteiger charge is 2.37. The minimum absolute atomic E-state index is 0.00686. The highest BCUT2D eigenvalue weighted by molar-refractivity contribution is 5.83. The van der Waals surface area contributed by atoms with Crippen molar-refractivity contribution >= 4 is 11.8 Å². The number of amides is 2. The standard InChI is InChI=1S/C14H27N3O2/c1-2-9-16-12(18)6-10-17-13(19)14(11-15)7-4-3-5-8-14/h2-11,15H2,1H3,(H,16,18)(H,17,19). The van der Waals surface area contributed by atoms with Crippen LogP contribution in [0.5, 0.6) is 0 Å². The number of rotatable bonds is 7. The number of nitrogens with one attached hydrogen (secondary N) is 2. The van der Waals surface area contributed by atoms with Crippen molar-refractivity contribution in [3.05, 3.63) is 0 Å². The lowest BCUT2D eigenvalue weighted by molar-refractivity contribution is -0.132. The molecule has 0 aromatic rings. The molecule has 19 heavy (non-hydrogen) atoms. The Labute approximate surface area is 115 Å². The SMILES string of the molecule is CCCNC(=O)CCNC(=O)C1(CN)CCCCC1. The zero-order valence-corrected chi connectivity index (χ0v) is 12.0. The van der Waals surface area contributed by atoms with E-state index < -0.39 is 5.41 Å². The van der Waals surface area contributed by atoms with Gasteiger partial charge >= 0.3 is 0 Å². The molecule has 5 nitrogen and oxygen atoms in total. The third-order valence-electron chi connectivity index (χ3n) is 3.89. The van der Waals surface area contributed by atoms with Crippen LogP contribution in [0.25, 0.3) is 0 Å². The summed E-state index contributed by atoms with van der Waals surface area (Å²) in [5, 5.41) is 5.67. The monoisotopic (exact) mass is 269 g/mol. The number of carbonyl (C=O) groups is 2. The lowest BCUT2D eigenvalue weighted by Crippen LogP contribution is -2.47. The summed E-state index contributed by atoms with van der Waals surface area (Å²) in [5.74, 6) is 0.0191. The van der Waals surface area contributed by atoms with Gasteiger partial charge in [0, 0.05) is 26.1 Å². The van der Waals surface area contributed by atoms with E-state index in [4.69, 9.17) is 5.73 Å². The van der Waals surface area contributed by atoms with E-state index in [1.54, 1.807) is 0 Å². The van der Waals surface area contributed by atoms with E-state index >= 15 is 0 Å². The molecule has 110 valence electrons. The maximum Gasteiger partial charge on any atom is 0.227 e. The Hall–Kier alpha value is -1.10. The molecule has 4 N–H and O–H groups in total.